The fourth-order valence-corrected chi connectivity index (χ4v) is 2.39. The van der Waals surface area contributed by atoms with Crippen LogP contribution < -0.4 is 4.90 Å². The lowest BCUT2D eigenvalue weighted by molar-refractivity contribution is -0.384. The molecule has 1 fully saturated rings. The van der Waals surface area contributed by atoms with E-state index in [-0.39, 0.29) is 10.2 Å². The van der Waals surface area contributed by atoms with Gasteiger partial charge in [-0.05, 0) is 41.3 Å². The van der Waals surface area contributed by atoms with Crippen molar-refractivity contribution in [2.24, 2.45) is 0 Å². The zero-order valence-corrected chi connectivity index (χ0v) is 10.7. The van der Waals surface area contributed by atoms with Crippen molar-refractivity contribution in [3.63, 3.8) is 0 Å². The van der Waals surface area contributed by atoms with Gasteiger partial charge < -0.3 is 4.90 Å². The molecule has 92 valence electrons. The van der Waals surface area contributed by atoms with Crippen LogP contribution in [0.1, 0.15) is 19.3 Å². The summed E-state index contributed by atoms with van der Waals surface area (Å²) in [5, 5.41) is 10.9. The number of nitrogens with zero attached hydrogens (tertiary/aromatic N) is 2. The molecule has 1 aromatic rings. The standard InChI is InChI=1S/C11H12BrFN2O2/c12-8-6-10(14-4-2-1-3-5-14)11(15(16)17)7-9(8)13/h6-7H,1-5H2. The Kier molecular flexibility index (Phi) is 3.61. The Morgan fingerprint density at radius 2 is 1.94 bits per heavy atom. The molecular weight excluding hydrogens is 291 g/mol. The molecule has 0 aromatic heterocycles. The van der Waals surface area contributed by atoms with Crippen molar-refractivity contribution in [2.75, 3.05) is 18.0 Å². The second-order valence-electron chi connectivity index (χ2n) is 4.06. The van der Waals surface area contributed by atoms with Crippen molar-refractivity contribution < 1.29 is 9.31 Å². The van der Waals surface area contributed by atoms with E-state index in [9.17, 15) is 14.5 Å². The van der Waals surface area contributed by atoms with Crippen LogP contribution in [0, 0.1) is 15.9 Å². The lowest BCUT2D eigenvalue weighted by Crippen LogP contribution is -2.30. The first-order chi connectivity index (χ1) is 8.09. The molecule has 0 spiro atoms. The fraction of sp³-hybridized carbons (Fsp3) is 0.455. The van der Waals surface area contributed by atoms with Gasteiger partial charge in [-0.15, -0.1) is 0 Å². The van der Waals surface area contributed by atoms with E-state index in [1.807, 2.05) is 4.90 Å². The molecule has 0 unspecified atom stereocenters. The molecule has 2 rings (SSSR count). The molecule has 1 saturated heterocycles. The van der Waals surface area contributed by atoms with Gasteiger partial charge in [0.1, 0.15) is 11.5 Å². The molecule has 0 radical (unpaired) electrons. The van der Waals surface area contributed by atoms with Gasteiger partial charge in [-0.3, -0.25) is 10.1 Å². The van der Waals surface area contributed by atoms with Crippen LogP contribution in [-0.4, -0.2) is 18.0 Å². The summed E-state index contributed by atoms with van der Waals surface area (Å²) < 4.78 is 13.6. The Morgan fingerprint density at radius 1 is 1.29 bits per heavy atom. The summed E-state index contributed by atoms with van der Waals surface area (Å²) in [7, 11) is 0. The maximum Gasteiger partial charge on any atom is 0.295 e. The van der Waals surface area contributed by atoms with E-state index < -0.39 is 10.7 Å². The first-order valence-corrected chi connectivity index (χ1v) is 6.27. The van der Waals surface area contributed by atoms with Crippen LogP contribution in [0.15, 0.2) is 16.6 Å². The third kappa shape index (κ3) is 2.57. The van der Waals surface area contributed by atoms with Gasteiger partial charge in [0.15, 0.2) is 0 Å². The molecule has 0 atom stereocenters. The molecule has 0 aliphatic carbocycles. The first kappa shape index (κ1) is 12.3. The number of rotatable bonds is 2. The molecule has 1 aromatic carbocycles. The Balaban J connectivity index is 2.42. The molecule has 4 nitrogen and oxygen atoms in total. The lowest BCUT2D eigenvalue weighted by atomic mass is 10.1. The Labute approximate surface area is 107 Å². The molecule has 1 heterocycles. The Morgan fingerprint density at radius 3 is 2.53 bits per heavy atom. The number of hydrogen-bond acceptors (Lipinski definition) is 3. The summed E-state index contributed by atoms with van der Waals surface area (Å²) in [5.74, 6) is -0.600. The summed E-state index contributed by atoms with van der Waals surface area (Å²) in [6, 6.07) is 2.48. The van der Waals surface area contributed by atoms with Gasteiger partial charge in [0.25, 0.3) is 5.69 Å². The summed E-state index contributed by atoms with van der Waals surface area (Å²) in [4.78, 5) is 12.3. The van der Waals surface area contributed by atoms with Crippen molar-refractivity contribution >= 4 is 27.3 Å². The van der Waals surface area contributed by atoms with Crippen LogP contribution in [-0.2, 0) is 0 Å². The molecule has 1 aliphatic rings. The van der Waals surface area contributed by atoms with E-state index in [2.05, 4.69) is 15.9 Å². The topological polar surface area (TPSA) is 46.4 Å². The molecule has 0 saturated carbocycles. The van der Waals surface area contributed by atoms with Crippen LogP contribution in [0.25, 0.3) is 0 Å². The minimum atomic E-state index is -0.600. The summed E-state index contributed by atoms with van der Waals surface area (Å²) in [5.41, 5.74) is 0.343. The zero-order valence-electron chi connectivity index (χ0n) is 9.16. The van der Waals surface area contributed by atoms with E-state index in [1.165, 1.54) is 6.07 Å². The number of nitro benzene ring substituents is 1. The molecule has 1 aliphatic heterocycles. The third-order valence-corrected chi connectivity index (χ3v) is 3.52. The van der Waals surface area contributed by atoms with Crippen LogP contribution in [0.5, 0.6) is 0 Å². The van der Waals surface area contributed by atoms with Gasteiger partial charge in [-0.1, -0.05) is 0 Å². The van der Waals surface area contributed by atoms with E-state index in [4.69, 9.17) is 0 Å². The largest absolute Gasteiger partial charge is 0.366 e. The van der Waals surface area contributed by atoms with Gasteiger partial charge in [0.2, 0.25) is 0 Å². The summed E-state index contributed by atoms with van der Waals surface area (Å²) in [6.45, 7) is 1.58. The predicted octanol–water partition coefficient (Wildman–Crippen LogP) is 3.49. The monoisotopic (exact) mass is 302 g/mol. The van der Waals surface area contributed by atoms with E-state index in [1.54, 1.807) is 0 Å². The van der Waals surface area contributed by atoms with Gasteiger partial charge in [-0.2, -0.15) is 0 Å². The molecule has 0 amide bonds. The first-order valence-electron chi connectivity index (χ1n) is 5.48. The van der Waals surface area contributed by atoms with Gasteiger partial charge >= 0.3 is 0 Å². The minimum Gasteiger partial charge on any atom is -0.366 e. The minimum absolute atomic E-state index is 0.160. The lowest BCUT2D eigenvalue weighted by Gasteiger charge is -2.28. The highest BCUT2D eigenvalue weighted by Crippen LogP contribution is 2.34. The van der Waals surface area contributed by atoms with Crippen molar-refractivity contribution in [1.29, 1.82) is 0 Å². The average molecular weight is 303 g/mol. The third-order valence-electron chi connectivity index (χ3n) is 2.91. The quantitative estimate of drug-likeness (QED) is 0.620. The fourth-order valence-electron chi connectivity index (χ4n) is 2.06. The summed E-state index contributed by atoms with van der Waals surface area (Å²) in [6.07, 6.45) is 3.19. The van der Waals surface area contributed by atoms with Crippen molar-refractivity contribution in [3.8, 4) is 0 Å². The highest BCUT2D eigenvalue weighted by Gasteiger charge is 2.23. The maximum absolute atomic E-state index is 13.3. The second-order valence-corrected chi connectivity index (χ2v) is 4.91. The summed E-state index contributed by atoms with van der Waals surface area (Å²) >= 11 is 3.07. The number of anilines is 1. The predicted molar refractivity (Wildman–Crippen MR) is 66.8 cm³/mol. The average Bonchev–Trinajstić information content (AvgIpc) is 2.33. The SMILES string of the molecule is O=[N+]([O-])c1cc(F)c(Br)cc1N1CCCCC1. The van der Waals surface area contributed by atoms with E-state index in [0.29, 0.717) is 5.69 Å². The number of hydrogen-bond donors (Lipinski definition) is 0. The second kappa shape index (κ2) is 5.00. The number of nitro groups is 1. The Bertz CT molecular complexity index is 447. The van der Waals surface area contributed by atoms with Gasteiger partial charge in [0.05, 0.1) is 15.5 Å². The zero-order chi connectivity index (χ0) is 12.4. The number of piperidine rings is 1. The van der Waals surface area contributed by atoms with Crippen LogP contribution in [0.2, 0.25) is 0 Å². The molecule has 0 N–H and O–H groups in total. The van der Waals surface area contributed by atoms with Crippen LogP contribution in [0.4, 0.5) is 15.8 Å². The molecule has 17 heavy (non-hydrogen) atoms. The maximum atomic E-state index is 13.3. The van der Waals surface area contributed by atoms with Gasteiger partial charge in [0, 0.05) is 13.1 Å². The molecular formula is C11H12BrFN2O2. The highest BCUT2D eigenvalue weighted by molar-refractivity contribution is 9.10. The highest BCUT2D eigenvalue weighted by atomic mass is 79.9. The Hall–Kier alpha value is -1.17. The molecule has 6 heteroatoms. The smallest absolute Gasteiger partial charge is 0.295 e. The van der Waals surface area contributed by atoms with Gasteiger partial charge in [-0.25, -0.2) is 4.39 Å². The number of benzene rings is 1. The van der Waals surface area contributed by atoms with Crippen molar-refractivity contribution in [1.82, 2.24) is 0 Å². The normalized spacial score (nSPS) is 16.0. The van der Waals surface area contributed by atoms with E-state index >= 15 is 0 Å². The van der Waals surface area contributed by atoms with Crippen molar-refractivity contribution in [3.05, 3.63) is 32.5 Å². The molecule has 0 bridgehead atoms. The van der Waals surface area contributed by atoms with Crippen LogP contribution >= 0.6 is 15.9 Å². The number of halogens is 2. The van der Waals surface area contributed by atoms with E-state index in [0.717, 1.165) is 38.4 Å². The van der Waals surface area contributed by atoms with Crippen molar-refractivity contribution in [2.45, 2.75) is 19.3 Å². The van der Waals surface area contributed by atoms with Crippen LogP contribution in [0.3, 0.4) is 0 Å².